The Balaban J connectivity index is 1.49. The van der Waals surface area contributed by atoms with Crippen molar-refractivity contribution in [1.29, 1.82) is 0 Å². The molecule has 0 atom stereocenters. The van der Waals surface area contributed by atoms with Crippen LogP contribution in [0.25, 0.3) is 10.8 Å². The molecule has 5 nitrogen and oxygen atoms in total. The van der Waals surface area contributed by atoms with E-state index < -0.39 is 5.97 Å². The van der Waals surface area contributed by atoms with Gasteiger partial charge in [-0.1, -0.05) is 23.8 Å². The summed E-state index contributed by atoms with van der Waals surface area (Å²) < 4.78 is 16.0. The van der Waals surface area contributed by atoms with Crippen molar-refractivity contribution in [1.82, 2.24) is 4.98 Å². The van der Waals surface area contributed by atoms with Gasteiger partial charge in [0.05, 0.1) is 4.88 Å². The van der Waals surface area contributed by atoms with E-state index in [9.17, 15) is 4.79 Å². The molecule has 0 spiro atoms. The Morgan fingerprint density at radius 3 is 2.92 bits per heavy atom. The molecule has 0 radical (unpaired) electrons. The standard InChI is InChI=1S/C18H17NO4S/c1-12-5-6-15(13(2)8-12)21-11-17(20)22-9-14-10-23-18(19-14)16-4-3-7-24-16/h3-8,10H,9,11H2,1-2H3. The van der Waals surface area contributed by atoms with E-state index in [0.29, 0.717) is 17.3 Å². The fourth-order valence-corrected chi connectivity index (χ4v) is 2.84. The van der Waals surface area contributed by atoms with Gasteiger partial charge >= 0.3 is 5.97 Å². The highest BCUT2D eigenvalue weighted by Crippen LogP contribution is 2.23. The minimum absolute atomic E-state index is 0.0595. The molecule has 1 aromatic carbocycles. The molecule has 2 heterocycles. The van der Waals surface area contributed by atoms with Crippen LogP contribution in [0.15, 0.2) is 46.4 Å². The number of esters is 1. The predicted octanol–water partition coefficient (Wildman–Crippen LogP) is 4.14. The van der Waals surface area contributed by atoms with Crippen molar-refractivity contribution < 1.29 is 18.7 Å². The maximum atomic E-state index is 11.8. The molecule has 6 heteroatoms. The molecule has 124 valence electrons. The zero-order valence-electron chi connectivity index (χ0n) is 13.4. The average molecular weight is 343 g/mol. The first-order valence-electron chi connectivity index (χ1n) is 7.46. The molecule has 3 rings (SSSR count). The Labute approximate surface area is 143 Å². The first-order chi connectivity index (χ1) is 11.6. The van der Waals surface area contributed by atoms with Crippen LogP contribution in [0.3, 0.4) is 0 Å². The molecule has 0 saturated heterocycles. The second-order valence-electron chi connectivity index (χ2n) is 5.34. The number of carbonyl (C=O) groups excluding carboxylic acids is 1. The van der Waals surface area contributed by atoms with E-state index >= 15 is 0 Å². The van der Waals surface area contributed by atoms with Crippen LogP contribution < -0.4 is 4.74 Å². The lowest BCUT2D eigenvalue weighted by atomic mass is 10.1. The van der Waals surface area contributed by atoms with Gasteiger partial charge in [0, 0.05) is 0 Å². The summed E-state index contributed by atoms with van der Waals surface area (Å²) in [5.41, 5.74) is 2.70. The molecule has 0 fully saturated rings. The second kappa shape index (κ2) is 7.31. The topological polar surface area (TPSA) is 61.6 Å². The van der Waals surface area contributed by atoms with E-state index in [1.807, 2.05) is 49.6 Å². The Kier molecular flexibility index (Phi) is 4.96. The highest BCUT2D eigenvalue weighted by atomic mass is 32.1. The van der Waals surface area contributed by atoms with Gasteiger partial charge in [-0.05, 0) is 36.9 Å². The number of carbonyl (C=O) groups is 1. The van der Waals surface area contributed by atoms with Gasteiger partial charge in [0.2, 0.25) is 5.89 Å². The minimum atomic E-state index is -0.448. The lowest BCUT2D eigenvalue weighted by Crippen LogP contribution is -2.15. The summed E-state index contributed by atoms with van der Waals surface area (Å²) in [4.78, 5) is 17.0. The Hall–Kier alpha value is -2.60. The molecule has 24 heavy (non-hydrogen) atoms. The highest BCUT2D eigenvalue weighted by Gasteiger charge is 2.11. The summed E-state index contributed by atoms with van der Waals surface area (Å²) in [5.74, 6) is 0.761. The molecule has 0 aliphatic heterocycles. The fourth-order valence-electron chi connectivity index (χ4n) is 2.18. The molecule has 0 N–H and O–H groups in total. The third-order valence-corrected chi connectivity index (χ3v) is 4.20. The van der Waals surface area contributed by atoms with Crippen LogP contribution in [0.2, 0.25) is 0 Å². The van der Waals surface area contributed by atoms with Gasteiger partial charge in [-0.2, -0.15) is 0 Å². The summed E-state index contributed by atoms with van der Waals surface area (Å²) in [5, 5.41) is 1.95. The predicted molar refractivity (Wildman–Crippen MR) is 91.0 cm³/mol. The van der Waals surface area contributed by atoms with E-state index in [-0.39, 0.29) is 13.2 Å². The highest BCUT2D eigenvalue weighted by molar-refractivity contribution is 7.13. The second-order valence-corrected chi connectivity index (χ2v) is 6.29. The molecular weight excluding hydrogens is 326 g/mol. The van der Waals surface area contributed by atoms with Crippen LogP contribution in [-0.2, 0) is 16.1 Å². The SMILES string of the molecule is Cc1ccc(OCC(=O)OCc2coc(-c3cccs3)n2)c(C)c1. The van der Waals surface area contributed by atoms with E-state index in [1.165, 1.54) is 17.6 Å². The average Bonchev–Trinajstić information content (AvgIpc) is 3.23. The van der Waals surface area contributed by atoms with Crippen molar-refractivity contribution in [2.24, 2.45) is 0 Å². The van der Waals surface area contributed by atoms with Gasteiger partial charge in [-0.15, -0.1) is 11.3 Å². The number of thiophene rings is 1. The number of hydrogen-bond donors (Lipinski definition) is 0. The maximum absolute atomic E-state index is 11.8. The van der Waals surface area contributed by atoms with Crippen molar-refractivity contribution in [3.8, 4) is 16.5 Å². The molecule has 0 unspecified atom stereocenters. The Bertz CT molecular complexity index is 823. The molecule has 3 aromatic rings. The van der Waals surface area contributed by atoms with Crippen LogP contribution in [0.5, 0.6) is 5.75 Å². The van der Waals surface area contributed by atoms with E-state index in [0.717, 1.165) is 16.0 Å². The largest absolute Gasteiger partial charge is 0.482 e. The number of aryl methyl sites for hydroxylation is 2. The summed E-state index contributed by atoms with van der Waals surface area (Å²) >= 11 is 1.54. The molecule has 0 amide bonds. The van der Waals surface area contributed by atoms with Gasteiger partial charge in [0.1, 0.15) is 24.3 Å². The fraction of sp³-hybridized carbons (Fsp3) is 0.222. The number of hydrogen-bond acceptors (Lipinski definition) is 6. The van der Waals surface area contributed by atoms with Gasteiger partial charge < -0.3 is 13.9 Å². The van der Waals surface area contributed by atoms with Crippen molar-refractivity contribution in [2.75, 3.05) is 6.61 Å². The smallest absolute Gasteiger partial charge is 0.344 e. The van der Waals surface area contributed by atoms with Crippen molar-refractivity contribution in [3.63, 3.8) is 0 Å². The van der Waals surface area contributed by atoms with E-state index in [1.54, 1.807) is 0 Å². The molecule has 2 aromatic heterocycles. The van der Waals surface area contributed by atoms with Gasteiger partial charge in [0.15, 0.2) is 6.61 Å². The number of benzene rings is 1. The summed E-state index contributed by atoms with van der Waals surface area (Å²) in [6.45, 7) is 3.87. The van der Waals surface area contributed by atoms with Crippen LogP contribution >= 0.6 is 11.3 Å². The molecule has 0 aliphatic carbocycles. The van der Waals surface area contributed by atoms with Crippen LogP contribution in [-0.4, -0.2) is 17.6 Å². The van der Waals surface area contributed by atoms with Crippen molar-refractivity contribution >= 4 is 17.3 Å². The summed E-state index contributed by atoms with van der Waals surface area (Å²) in [6.07, 6.45) is 1.49. The minimum Gasteiger partial charge on any atom is -0.482 e. The van der Waals surface area contributed by atoms with Gasteiger partial charge in [0.25, 0.3) is 0 Å². The Morgan fingerprint density at radius 1 is 1.29 bits per heavy atom. The Morgan fingerprint density at radius 2 is 2.17 bits per heavy atom. The van der Waals surface area contributed by atoms with Crippen molar-refractivity contribution in [2.45, 2.75) is 20.5 Å². The first-order valence-corrected chi connectivity index (χ1v) is 8.34. The van der Waals surface area contributed by atoms with Crippen LogP contribution in [0, 0.1) is 13.8 Å². The number of aromatic nitrogens is 1. The molecular formula is C18H17NO4S. The number of nitrogens with zero attached hydrogens (tertiary/aromatic N) is 1. The van der Waals surface area contributed by atoms with Crippen LogP contribution in [0.1, 0.15) is 16.8 Å². The van der Waals surface area contributed by atoms with Gasteiger partial charge in [-0.25, -0.2) is 9.78 Å². The molecule has 0 aliphatic rings. The molecule has 0 bridgehead atoms. The number of ether oxygens (including phenoxy) is 2. The quantitative estimate of drug-likeness (QED) is 0.629. The zero-order chi connectivity index (χ0) is 16.9. The molecule has 0 saturated carbocycles. The monoisotopic (exact) mass is 343 g/mol. The third-order valence-electron chi connectivity index (χ3n) is 3.34. The van der Waals surface area contributed by atoms with Crippen molar-refractivity contribution in [3.05, 3.63) is 58.8 Å². The summed E-state index contributed by atoms with van der Waals surface area (Å²) in [6, 6.07) is 9.64. The lowest BCUT2D eigenvalue weighted by Gasteiger charge is -2.09. The number of oxazole rings is 1. The maximum Gasteiger partial charge on any atom is 0.344 e. The van der Waals surface area contributed by atoms with E-state index in [2.05, 4.69) is 4.98 Å². The van der Waals surface area contributed by atoms with Crippen LogP contribution in [0.4, 0.5) is 0 Å². The lowest BCUT2D eigenvalue weighted by molar-refractivity contribution is -0.147. The zero-order valence-corrected chi connectivity index (χ0v) is 14.3. The first kappa shape index (κ1) is 16.3. The number of rotatable bonds is 6. The summed E-state index contributed by atoms with van der Waals surface area (Å²) in [7, 11) is 0. The van der Waals surface area contributed by atoms with E-state index in [4.69, 9.17) is 13.9 Å². The normalized spacial score (nSPS) is 10.6. The van der Waals surface area contributed by atoms with Gasteiger partial charge in [-0.3, -0.25) is 0 Å². The third kappa shape index (κ3) is 4.02.